The second-order valence-electron chi connectivity index (χ2n) is 6.48. The van der Waals surface area contributed by atoms with E-state index >= 15 is 0 Å². The number of rotatable bonds is 5. The summed E-state index contributed by atoms with van der Waals surface area (Å²) in [5.41, 5.74) is -0.0453. The van der Waals surface area contributed by atoms with E-state index in [1.54, 1.807) is 18.3 Å². The van der Waals surface area contributed by atoms with E-state index in [0.717, 1.165) is 24.4 Å². The van der Waals surface area contributed by atoms with Crippen molar-refractivity contribution in [1.82, 2.24) is 4.57 Å². The summed E-state index contributed by atoms with van der Waals surface area (Å²) in [6, 6.07) is 12.5. The highest BCUT2D eigenvalue weighted by molar-refractivity contribution is 6.17. The predicted octanol–water partition coefficient (Wildman–Crippen LogP) is 6.25. The molecule has 3 rings (SSSR count). The van der Waals surface area contributed by atoms with E-state index in [2.05, 4.69) is 6.92 Å². The summed E-state index contributed by atoms with van der Waals surface area (Å²) in [5, 5.41) is 0.678. The summed E-state index contributed by atoms with van der Waals surface area (Å²) in [6.07, 6.45) is -0.972. The molecule has 0 aliphatic carbocycles. The van der Waals surface area contributed by atoms with Crippen LogP contribution in [0, 0.1) is 0 Å². The molecule has 0 fully saturated rings. The number of ketones is 1. The van der Waals surface area contributed by atoms with Crippen LogP contribution in [0.4, 0.5) is 13.2 Å². The molecule has 26 heavy (non-hydrogen) atoms. The maximum Gasteiger partial charge on any atom is 0.417 e. The van der Waals surface area contributed by atoms with Crippen LogP contribution in [-0.4, -0.2) is 10.4 Å². The van der Waals surface area contributed by atoms with Gasteiger partial charge in [0.1, 0.15) is 0 Å². The first kappa shape index (κ1) is 18.2. The minimum atomic E-state index is -4.57. The molecule has 0 aliphatic heterocycles. The van der Waals surface area contributed by atoms with Gasteiger partial charge in [-0.3, -0.25) is 4.79 Å². The largest absolute Gasteiger partial charge is 0.417 e. The van der Waals surface area contributed by atoms with Crippen LogP contribution in [0.1, 0.15) is 54.2 Å². The number of carbonyl (C=O) groups excluding carboxylic acids is 1. The van der Waals surface area contributed by atoms with E-state index < -0.39 is 17.5 Å². The summed E-state index contributed by atoms with van der Waals surface area (Å²) in [4.78, 5) is 13.0. The molecule has 5 heteroatoms. The minimum Gasteiger partial charge on any atom is -0.344 e. The van der Waals surface area contributed by atoms with Crippen molar-refractivity contribution < 1.29 is 18.0 Å². The standard InChI is InChI=1S/C21H20F3NO/c1-3-8-14(2)25-13-17(15-9-5-7-12-19(15)25)20(26)16-10-4-6-11-18(16)21(22,23)24/h4-7,9-14H,3,8H2,1-2H3. The van der Waals surface area contributed by atoms with Crippen LogP contribution in [0.15, 0.2) is 54.7 Å². The third-order valence-electron chi connectivity index (χ3n) is 4.64. The first-order valence-corrected chi connectivity index (χ1v) is 8.65. The van der Waals surface area contributed by atoms with E-state index in [1.165, 1.54) is 18.2 Å². The first-order chi connectivity index (χ1) is 12.3. The molecule has 2 nitrogen and oxygen atoms in total. The molecule has 1 atom stereocenters. The van der Waals surface area contributed by atoms with Gasteiger partial charge in [-0.1, -0.05) is 49.7 Å². The molecule has 1 unspecified atom stereocenters. The SMILES string of the molecule is CCCC(C)n1cc(C(=O)c2ccccc2C(F)(F)F)c2ccccc21. The summed E-state index contributed by atoms with van der Waals surface area (Å²) < 4.78 is 41.9. The van der Waals surface area contributed by atoms with Gasteiger partial charge in [0.05, 0.1) is 5.56 Å². The maximum absolute atomic E-state index is 13.3. The molecular weight excluding hydrogens is 339 g/mol. The Morgan fingerprint density at radius 1 is 1.04 bits per heavy atom. The highest BCUT2D eigenvalue weighted by Gasteiger charge is 2.35. The Morgan fingerprint density at radius 3 is 2.38 bits per heavy atom. The monoisotopic (exact) mass is 359 g/mol. The van der Waals surface area contributed by atoms with Crippen LogP contribution >= 0.6 is 0 Å². The van der Waals surface area contributed by atoms with Gasteiger partial charge in [0, 0.05) is 34.3 Å². The fraction of sp³-hybridized carbons (Fsp3) is 0.286. The summed E-state index contributed by atoms with van der Waals surface area (Å²) in [5.74, 6) is -0.600. The minimum absolute atomic E-state index is 0.157. The molecular formula is C21H20F3NO. The topological polar surface area (TPSA) is 22.0 Å². The second kappa shape index (κ2) is 6.98. The fourth-order valence-corrected chi connectivity index (χ4v) is 3.38. The van der Waals surface area contributed by atoms with Crippen molar-refractivity contribution in [1.29, 1.82) is 0 Å². The molecule has 0 bridgehead atoms. The van der Waals surface area contributed by atoms with Gasteiger partial charge in [0.2, 0.25) is 0 Å². The van der Waals surface area contributed by atoms with Crippen LogP contribution in [0.3, 0.4) is 0 Å². The molecule has 3 aromatic rings. The smallest absolute Gasteiger partial charge is 0.344 e. The Balaban J connectivity index is 2.17. The van der Waals surface area contributed by atoms with Gasteiger partial charge in [0.25, 0.3) is 0 Å². The van der Waals surface area contributed by atoms with Crippen LogP contribution in [0.25, 0.3) is 10.9 Å². The molecule has 2 aromatic carbocycles. The molecule has 1 heterocycles. The van der Waals surface area contributed by atoms with Crippen molar-refractivity contribution in [3.8, 4) is 0 Å². The molecule has 136 valence electrons. The second-order valence-corrected chi connectivity index (χ2v) is 6.48. The first-order valence-electron chi connectivity index (χ1n) is 8.65. The van der Waals surface area contributed by atoms with Gasteiger partial charge in [-0.2, -0.15) is 13.2 Å². The zero-order valence-corrected chi connectivity index (χ0v) is 14.7. The van der Waals surface area contributed by atoms with Gasteiger partial charge >= 0.3 is 6.18 Å². The lowest BCUT2D eigenvalue weighted by Crippen LogP contribution is -2.13. The molecule has 0 amide bonds. The van der Waals surface area contributed by atoms with Crippen molar-refractivity contribution in [2.24, 2.45) is 0 Å². The molecule has 0 radical (unpaired) electrons. The average Bonchev–Trinajstić information content (AvgIpc) is 3.00. The summed E-state index contributed by atoms with van der Waals surface area (Å²) >= 11 is 0. The highest BCUT2D eigenvalue weighted by Crippen LogP contribution is 2.34. The van der Waals surface area contributed by atoms with Crippen molar-refractivity contribution in [2.75, 3.05) is 0 Å². The van der Waals surface area contributed by atoms with Crippen molar-refractivity contribution in [2.45, 2.75) is 38.9 Å². The number of alkyl halides is 3. The van der Waals surface area contributed by atoms with Crippen LogP contribution in [0.5, 0.6) is 0 Å². The van der Waals surface area contributed by atoms with E-state index in [4.69, 9.17) is 0 Å². The molecule has 1 aromatic heterocycles. The van der Waals surface area contributed by atoms with Gasteiger partial charge in [-0.25, -0.2) is 0 Å². The Hall–Kier alpha value is -2.56. The van der Waals surface area contributed by atoms with E-state index in [1.807, 2.05) is 23.6 Å². The maximum atomic E-state index is 13.3. The van der Waals surface area contributed by atoms with Gasteiger partial charge in [0.15, 0.2) is 5.78 Å². The van der Waals surface area contributed by atoms with Gasteiger partial charge in [-0.15, -0.1) is 0 Å². The zero-order chi connectivity index (χ0) is 18.9. The fourth-order valence-electron chi connectivity index (χ4n) is 3.38. The normalized spacial score (nSPS) is 13.1. The Kier molecular flexibility index (Phi) is 4.90. The van der Waals surface area contributed by atoms with E-state index in [-0.39, 0.29) is 11.6 Å². The number of halogens is 3. The van der Waals surface area contributed by atoms with Crippen molar-refractivity contribution >= 4 is 16.7 Å². The highest BCUT2D eigenvalue weighted by atomic mass is 19.4. The number of fused-ring (bicyclic) bond motifs is 1. The number of para-hydroxylation sites is 1. The lowest BCUT2D eigenvalue weighted by molar-refractivity contribution is -0.137. The third-order valence-corrected chi connectivity index (χ3v) is 4.64. The number of nitrogens with zero attached hydrogens (tertiary/aromatic N) is 1. The number of carbonyl (C=O) groups is 1. The van der Waals surface area contributed by atoms with Crippen LogP contribution in [0.2, 0.25) is 0 Å². The van der Waals surface area contributed by atoms with Crippen LogP contribution < -0.4 is 0 Å². The predicted molar refractivity (Wildman–Crippen MR) is 96.4 cm³/mol. The Bertz CT molecular complexity index is 940. The van der Waals surface area contributed by atoms with Crippen molar-refractivity contribution in [3.05, 3.63) is 71.4 Å². The zero-order valence-electron chi connectivity index (χ0n) is 14.7. The van der Waals surface area contributed by atoms with E-state index in [0.29, 0.717) is 10.9 Å². The van der Waals surface area contributed by atoms with E-state index in [9.17, 15) is 18.0 Å². The molecule has 0 saturated carbocycles. The Morgan fingerprint density at radius 2 is 1.69 bits per heavy atom. The lowest BCUT2D eigenvalue weighted by atomic mass is 9.98. The molecule has 0 aliphatic rings. The number of aromatic nitrogens is 1. The lowest BCUT2D eigenvalue weighted by Gasteiger charge is -2.14. The molecule has 0 N–H and O–H groups in total. The third kappa shape index (κ3) is 3.26. The molecule has 0 spiro atoms. The summed E-state index contributed by atoms with van der Waals surface area (Å²) in [6.45, 7) is 4.13. The Labute approximate surface area is 150 Å². The van der Waals surface area contributed by atoms with Crippen LogP contribution in [-0.2, 0) is 6.18 Å². The van der Waals surface area contributed by atoms with Gasteiger partial charge < -0.3 is 4.57 Å². The molecule has 0 saturated heterocycles. The van der Waals surface area contributed by atoms with Crippen molar-refractivity contribution in [3.63, 3.8) is 0 Å². The summed E-state index contributed by atoms with van der Waals surface area (Å²) in [7, 11) is 0. The van der Waals surface area contributed by atoms with Gasteiger partial charge in [-0.05, 0) is 25.5 Å². The number of benzene rings is 2. The quantitative estimate of drug-likeness (QED) is 0.493. The average molecular weight is 359 g/mol. The number of hydrogen-bond acceptors (Lipinski definition) is 1. The number of hydrogen-bond donors (Lipinski definition) is 0.